The van der Waals surface area contributed by atoms with Crippen LogP contribution in [0.4, 0.5) is 11.4 Å². The van der Waals surface area contributed by atoms with Crippen LogP contribution in [-0.4, -0.2) is 40.1 Å². The third-order valence-electron chi connectivity index (χ3n) is 8.33. The number of carbonyl (C=O) groups excluding carboxylic acids is 4. The number of rotatable bonds is 7. The molecule has 3 aromatic carbocycles. The Hall–Kier alpha value is -4.77. The summed E-state index contributed by atoms with van der Waals surface area (Å²) < 4.78 is 6.10. The van der Waals surface area contributed by atoms with E-state index >= 15 is 0 Å². The first-order valence-electron chi connectivity index (χ1n) is 14.1. The molecule has 2 heterocycles. The van der Waals surface area contributed by atoms with E-state index in [0.717, 1.165) is 23.7 Å². The standard InChI is InChI=1S/C33H26BrN3O7/c1-18-2-12-24-26(14-18)32(40)36(31(24)39)22-8-3-19(4-9-22)29-16-27(25-15-21(34)7-13-28(25)35-29)33(41)44-17-30(38)20-5-10-23(11-6-20)37(42)43/h3-11,13,15-16,18,24,26H,2,12,14,17H2,1H3. The molecule has 44 heavy (non-hydrogen) atoms. The van der Waals surface area contributed by atoms with Gasteiger partial charge in [-0.3, -0.25) is 29.4 Å². The molecule has 3 unspecified atom stereocenters. The number of hydrogen-bond acceptors (Lipinski definition) is 8. The minimum Gasteiger partial charge on any atom is -0.454 e. The number of pyridine rings is 1. The van der Waals surface area contributed by atoms with Crippen molar-refractivity contribution in [1.29, 1.82) is 0 Å². The molecular weight excluding hydrogens is 630 g/mol. The van der Waals surface area contributed by atoms with Crippen molar-refractivity contribution in [2.75, 3.05) is 11.5 Å². The summed E-state index contributed by atoms with van der Waals surface area (Å²) in [4.78, 5) is 68.6. The number of Topliss-reactive ketones (excluding diaryl/α,β-unsaturated/α-hetero) is 1. The summed E-state index contributed by atoms with van der Waals surface area (Å²) in [6, 6.07) is 18.8. The van der Waals surface area contributed by atoms with Gasteiger partial charge in [0.05, 0.1) is 39.2 Å². The zero-order valence-electron chi connectivity index (χ0n) is 23.6. The molecule has 1 saturated heterocycles. The van der Waals surface area contributed by atoms with E-state index in [1.54, 1.807) is 48.5 Å². The second-order valence-electron chi connectivity index (χ2n) is 11.2. The molecule has 3 atom stereocenters. The van der Waals surface area contributed by atoms with Crippen LogP contribution in [0.3, 0.4) is 0 Å². The maximum absolute atomic E-state index is 13.3. The van der Waals surface area contributed by atoms with Gasteiger partial charge in [-0.2, -0.15) is 0 Å². The van der Waals surface area contributed by atoms with Gasteiger partial charge in [0.25, 0.3) is 5.69 Å². The van der Waals surface area contributed by atoms with Gasteiger partial charge in [-0.05, 0) is 73.7 Å². The molecular formula is C33H26BrN3O7. The Balaban J connectivity index is 1.25. The highest BCUT2D eigenvalue weighted by Gasteiger charge is 2.49. The number of fused-ring (bicyclic) bond motifs is 2. The molecule has 4 aromatic rings. The van der Waals surface area contributed by atoms with Crippen molar-refractivity contribution in [2.24, 2.45) is 17.8 Å². The number of carbonyl (C=O) groups is 4. The number of esters is 1. The third kappa shape index (κ3) is 5.50. The number of non-ortho nitro benzene ring substituents is 1. The van der Waals surface area contributed by atoms with E-state index in [9.17, 15) is 29.3 Å². The summed E-state index contributed by atoms with van der Waals surface area (Å²) >= 11 is 3.42. The fourth-order valence-corrected chi connectivity index (χ4v) is 6.36. The first kappa shape index (κ1) is 29.3. The topological polar surface area (TPSA) is 137 Å². The molecule has 1 saturated carbocycles. The van der Waals surface area contributed by atoms with E-state index in [4.69, 9.17) is 9.72 Å². The van der Waals surface area contributed by atoms with Gasteiger partial charge in [0.2, 0.25) is 11.8 Å². The number of aromatic nitrogens is 1. The van der Waals surface area contributed by atoms with Gasteiger partial charge in [-0.25, -0.2) is 9.78 Å². The van der Waals surface area contributed by atoms with Crippen molar-refractivity contribution >= 4 is 61.8 Å². The summed E-state index contributed by atoms with van der Waals surface area (Å²) in [5, 5.41) is 11.4. The maximum Gasteiger partial charge on any atom is 0.339 e. The van der Waals surface area contributed by atoms with Crippen LogP contribution in [0.15, 0.2) is 77.3 Å². The Morgan fingerprint density at radius 2 is 1.68 bits per heavy atom. The highest BCUT2D eigenvalue weighted by Crippen LogP contribution is 2.42. The lowest BCUT2D eigenvalue weighted by Gasteiger charge is -2.25. The van der Waals surface area contributed by atoms with Gasteiger partial charge >= 0.3 is 5.97 Å². The van der Waals surface area contributed by atoms with Crippen LogP contribution < -0.4 is 4.90 Å². The van der Waals surface area contributed by atoms with Gasteiger partial charge in [0.15, 0.2) is 12.4 Å². The molecule has 1 aliphatic heterocycles. The van der Waals surface area contributed by atoms with Gasteiger partial charge < -0.3 is 4.74 Å². The number of anilines is 1. The van der Waals surface area contributed by atoms with Crippen LogP contribution in [0.1, 0.15) is 46.9 Å². The van der Waals surface area contributed by atoms with E-state index in [2.05, 4.69) is 22.9 Å². The SMILES string of the molecule is CC1CCC2C(=O)N(c3ccc(-c4cc(C(=O)OCC(=O)c5ccc([N+](=O)[O-])cc5)c5cc(Br)ccc5n4)cc3)C(=O)C2C1. The molecule has 1 aromatic heterocycles. The van der Waals surface area contributed by atoms with E-state index in [1.807, 2.05) is 0 Å². The van der Waals surface area contributed by atoms with Crippen molar-refractivity contribution < 1.29 is 28.8 Å². The van der Waals surface area contributed by atoms with Crippen LogP contribution in [-0.2, 0) is 14.3 Å². The van der Waals surface area contributed by atoms with Crippen LogP contribution in [0, 0.1) is 27.9 Å². The maximum atomic E-state index is 13.3. The highest BCUT2D eigenvalue weighted by molar-refractivity contribution is 9.10. The largest absolute Gasteiger partial charge is 0.454 e. The predicted molar refractivity (Wildman–Crippen MR) is 165 cm³/mol. The fraction of sp³-hybridized carbons (Fsp3) is 0.242. The molecule has 2 aliphatic rings. The highest BCUT2D eigenvalue weighted by atomic mass is 79.9. The molecule has 1 aliphatic carbocycles. The molecule has 0 spiro atoms. The average molecular weight is 656 g/mol. The van der Waals surface area contributed by atoms with Crippen LogP contribution in [0.25, 0.3) is 22.2 Å². The fourth-order valence-electron chi connectivity index (χ4n) is 6.00. The van der Waals surface area contributed by atoms with E-state index in [0.29, 0.717) is 33.8 Å². The number of amides is 2. The van der Waals surface area contributed by atoms with Gasteiger partial charge in [-0.15, -0.1) is 0 Å². The monoisotopic (exact) mass is 655 g/mol. The van der Waals surface area contributed by atoms with Crippen LogP contribution in [0.5, 0.6) is 0 Å². The summed E-state index contributed by atoms with van der Waals surface area (Å²) in [5.74, 6) is -1.67. The molecule has 2 amide bonds. The third-order valence-corrected chi connectivity index (χ3v) is 8.83. The normalized spacial score (nSPS) is 19.6. The van der Waals surface area contributed by atoms with Crippen LogP contribution >= 0.6 is 15.9 Å². The zero-order chi connectivity index (χ0) is 31.1. The molecule has 0 radical (unpaired) electrons. The zero-order valence-corrected chi connectivity index (χ0v) is 25.2. The molecule has 222 valence electrons. The predicted octanol–water partition coefficient (Wildman–Crippen LogP) is 6.54. The molecule has 0 N–H and O–H groups in total. The van der Waals surface area contributed by atoms with E-state index < -0.39 is 23.3 Å². The minimum absolute atomic E-state index is 0.151. The smallest absolute Gasteiger partial charge is 0.339 e. The lowest BCUT2D eigenvalue weighted by atomic mass is 9.76. The molecule has 6 rings (SSSR count). The Labute approximate surface area is 260 Å². The summed E-state index contributed by atoms with van der Waals surface area (Å²) in [6.07, 6.45) is 2.38. The van der Waals surface area contributed by atoms with Crippen molar-refractivity contribution in [3.8, 4) is 11.3 Å². The summed E-state index contributed by atoms with van der Waals surface area (Å²) in [7, 11) is 0. The number of ether oxygens (including phenoxy) is 1. The van der Waals surface area contributed by atoms with Crippen molar-refractivity contribution in [2.45, 2.75) is 26.2 Å². The number of imide groups is 1. The first-order valence-corrected chi connectivity index (χ1v) is 14.9. The number of nitro benzene ring substituents is 1. The first-order chi connectivity index (χ1) is 21.1. The minimum atomic E-state index is -0.742. The molecule has 0 bridgehead atoms. The Morgan fingerprint density at radius 3 is 2.39 bits per heavy atom. The van der Waals surface area contributed by atoms with Gasteiger partial charge in [0, 0.05) is 33.1 Å². The Kier molecular flexibility index (Phi) is 7.81. The molecule has 10 nitrogen and oxygen atoms in total. The number of nitro groups is 1. The summed E-state index contributed by atoms with van der Waals surface area (Å²) in [5.41, 5.74) is 2.34. The Morgan fingerprint density at radius 1 is 0.977 bits per heavy atom. The number of nitrogens with zero attached hydrogens (tertiary/aromatic N) is 3. The van der Waals surface area contributed by atoms with E-state index in [-0.39, 0.29) is 40.5 Å². The van der Waals surface area contributed by atoms with E-state index in [1.165, 1.54) is 29.2 Å². The van der Waals surface area contributed by atoms with Crippen molar-refractivity contribution in [1.82, 2.24) is 4.98 Å². The van der Waals surface area contributed by atoms with Gasteiger partial charge in [-0.1, -0.05) is 35.0 Å². The lowest BCUT2D eigenvalue weighted by Crippen LogP contribution is -2.30. The lowest BCUT2D eigenvalue weighted by molar-refractivity contribution is -0.384. The van der Waals surface area contributed by atoms with Gasteiger partial charge in [0.1, 0.15) is 0 Å². The summed E-state index contributed by atoms with van der Waals surface area (Å²) in [6.45, 7) is 1.55. The average Bonchev–Trinajstić information content (AvgIpc) is 3.27. The second-order valence-corrected chi connectivity index (χ2v) is 12.1. The second kappa shape index (κ2) is 11.7. The molecule has 11 heteroatoms. The molecule has 2 fully saturated rings. The van der Waals surface area contributed by atoms with Crippen molar-refractivity contribution in [3.63, 3.8) is 0 Å². The number of ketones is 1. The van der Waals surface area contributed by atoms with Crippen molar-refractivity contribution in [3.05, 3.63) is 98.5 Å². The Bertz CT molecular complexity index is 1840. The number of hydrogen-bond donors (Lipinski definition) is 0. The van der Waals surface area contributed by atoms with Crippen LogP contribution in [0.2, 0.25) is 0 Å². The quantitative estimate of drug-likeness (QED) is 0.0720. The number of benzene rings is 3. The number of halogens is 1.